The highest BCUT2D eigenvalue weighted by Gasteiger charge is 2.36. The lowest BCUT2D eigenvalue weighted by Crippen LogP contribution is -2.31. The Bertz CT molecular complexity index is 566. The van der Waals surface area contributed by atoms with Gasteiger partial charge in [0.2, 0.25) is 0 Å². The number of hydrazone groups is 1. The quantitative estimate of drug-likeness (QED) is 0.771. The summed E-state index contributed by atoms with van der Waals surface area (Å²) in [5.74, 6) is -0.535. The van der Waals surface area contributed by atoms with Gasteiger partial charge in [0.1, 0.15) is 17.4 Å². The molecule has 0 aliphatic carbocycles. The van der Waals surface area contributed by atoms with Crippen molar-refractivity contribution in [3.8, 4) is 5.75 Å². The first kappa shape index (κ1) is 15.0. The molecule has 21 heavy (non-hydrogen) atoms. The molecule has 0 N–H and O–H groups in total. The van der Waals surface area contributed by atoms with Crippen LogP contribution in [-0.4, -0.2) is 37.7 Å². The van der Waals surface area contributed by atoms with Gasteiger partial charge in [0.25, 0.3) is 0 Å². The molecule has 6 heteroatoms. The zero-order valence-electron chi connectivity index (χ0n) is 12.3. The average molecular weight is 290 g/mol. The highest BCUT2D eigenvalue weighted by molar-refractivity contribution is 6.43. The van der Waals surface area contributed by atoms with Gasteiger partial charge in [0.05, 0.1) is 25.9 Å². The van der Waals surface area contributed by atoms with Gasteiger partial charge in [0, 0.05) is 6.92 Å². The van der Waals surface area contributed by atoms with Gasteiger partial charge in [-0.15, -0.1) is 0 Å². The van der Waals surface area contributed by atoms with Crippen LogP contribution in [-0.2, 0) is 14.3 Å². The van der Waals surface area contributed by atoms with E-state index in [2.05, 4.69) is 5.10 Å². The largest absolute Gasteiger partial charge is 0.497 e. The molecule has 6 nitrogen and oxygen atoms in total. The maximum absolute atomic E-state index is 11.9. The van der Waals surface area contributed by atoms with Crippen molar-refractivity contribution < 1.29 is 19.1 Å². The van der Waals surface area contributed by atoms with Crippen LogP contribution in [0.5, 0.6) is 5.75 Å². The van der Waals surface area contributed by atoms with Crippen LogP contribution in [0.15, 0.2) is 29.4 Å². The number of anilines is 1. The molecule has 0 bridgehead atoms. The summed E-state index contributed by atoms with van der Waals surface area (Å²) < 4.78 is 10.1. The van der Waals surface area contributed by atoms with Crippen molar-refractivity contribution in [2.45, 2.75) is 13.8 Å². The van der Waals surface area contributed by atoms with E-state index in [0.29, 0.717) is 6.54 Å². The Kier molecular flexibility index (Phi) is 4.57. The minimum Gasteiger partial charge on any atom is -0.497 e. The smallest absolute Gasteiger partial charge is 0.317 e. The van der Waals surface area contributed by atoms with E-state index < -0.39 is 11.9 Å². The zero-order chi connectivity index (χ0) is 15.4. The van der Waals surface area contributed by atoms with Crippen LogP contribution in [0.1, 0.15) is 13.8 Å². The summed E-state index contributed by atoms with van der Waals surface area (Å²) in [4.78, 5) is 23.6. The predicted molar refractivity (Wildman–Crippen MR) is 78.6 cm³/mol. The monoisotopic (exact) mass is 290 g/mol. The maximum atomic E-state index is 11.9. The molecule has 1 atom stereocenters. The van der Waals surface area contributed by atoms with Crippen molar-refractivity contribution in [2.24, 2.45) is 11.0 Å². The topological polar surface area (TPSA) is 68.2 Å². The lowest BCUT2D eigenvalue weighted by atomic mass is 10.0. The Labute approximate surface area is 123 Å². The highest BCUT2D eigenvalue weighted by Crippen LogP contribution is 2.25. The molecule has 0 aromatic heterocycles. The van der Waals surface area contributed by atoms with Crippen molar-refractivity contribution in [1.29, 1.82) is 0 Å². The lowest BCUT2D eigenvalue weighted by molar-refractivity contribution is -0.145. The van der Waals surface area contributed by atoms with Gasteiger partial charge in [-0.1, -0.05) is 0 Å². The molecule has 112 valence electrons. The van der Waals surface area contributed by atoms with E-state index in [4.69, 9.17) is 9.47 Å². The summed E-state index contributed by atoms with van der Waals surface area (Å²) in [6, 6.07) is 7.26. The maximum Gasteiger partial charge on any atom is 0.317 e. The number of nitrogens with zero attached hydrogens (tertiary/aromatic N) is 2. The molecule has 1 aromatic carbocycles. The Morgan fingerprint density at radius 3 is 2.52 bits per heavy atom. The number of carbonyl (C=O) groups excluding carboxylic acids is 2. The molecular weight excluding hydrogens is 272 g/mol. The second kappa shape index (κ2) is 6.39. The van der Waals surface area contributed by atoms with Crippen molar-refractivity contribution in [2.75, 3.05) is 25.3 Å². The van der Waals surface area contributed by atoms with Crippen molar-refractivity contribution >= 4 is 23.2 Å². The van der Waals surface area contributed by atoms with E-state index in [1.165, 1.54) is 6.92 Å². The third-order valence-corrected chi connectivity index (χ3v) is 3.22. The number of Topliss-reactive ketones (excluding diaryl/α,β-unsaturated/α-hetero) is 1. The number of rotatable bonds is 5. The van der Waals surface area contributed by atoms with Crippen LogP contribution < -0.4 is 9.75 Å². The number of ketones is 1. The van der Waals surface area contributed by atoms with Gasteiger partial charge in [0.15, 0.2) is 5.78 Å². The number of ether oxygens (including phenoxy) is 2. The second-order valence-corrected chi connectivity index (χ2v) is 4.63. The first-order valence-corrected chi connectivity index (χ1v) is 6.74. The molecule has 1 aliphatic heterocycles. The van der Waals surface area contributed by atoms with Gasteiger partial charge in [-0.05, 0) is 31.2 Å². The molecule has 0 unspecified atom stereocenters. The number of carbonyl (C=O) groups is 2. The van der Waals surface area contributed by atoms with Crippen LogP contribution in [0, 0.1) is 5.92 Å². The molecule has 0 spiro atoms. The third kappa shape index (κ3) is 3.21. The van der Waals surface area contributed by atoms with Crippen molar-refractivity contribution in [3.05, 3.63) is 24.3 Å². The van der Waals surface area contributed by atoms with Gasteiger partial charge in [-0.3, -0.25) is 14.6 Å². The minimum atomic E-state index is -0.635. The van der Waals surface area contributed by atoms with E-state index in [1.54, 1.807) is 31.2 Å². The van der Waals surface area contributed by atoms with Crippen molar-refractivity contribution in [1.82, 2.24) is 0 Å². The van der Waals surface area contributed by atoms with Crippen LogP contribution in [0.2, 0.25) is 0 Å². The molecule has 0 saturated carbocycles. The van der Waals surface area contributed by atoms with Gasteiger partial charge in [-0.2, -0.15) is 5.10 Å². The van der Waals surface area contributed by atoms with Gasteiger partial charge < -0.3 is 9.47 Å². The Hall–Kier alpha value is -2.37. The van der Waals surface area contributed by atoms with Gasteiger partial charge in [-0.25, -0.2) is 0 Å². The zero-order valence-corrected chi connectivity index (χ0v) is 12.3. The number of hydrogen-bond acceptors (Lipinski definition) is 6. The SMILES string of the molecule is CCOC(=O)[C@H]1CN(c2ccc(OC)cc2)N=C1C(C)=O. The summed E-state index contributed by atoms with van der Waals surface area (Å²) in [5, 5.41) is 5.89. The first-order valence-electron chi connectivity index (χ1n) is 6.74. The third-order valence-electron chi connectivity index (χ3n) is 3.22. The fraction of sp³-hybridized carbons (Fsp3) is 0.400. The summed E-state index contributed by atoms with van der Waals surface area (Å²) in [6.07, 6.45) is 0. The highest BCUT2D eigenvalue weighted by atomic mass is 16.5. The minimum absolute atomic E-state index is 0.218. The van der Waals surface area contributed by atoms with E-state index in [9.17, 15) is 9.59 Å². The number of hydrogen-bond donors (Lipinski definition) is 0. The average Bonchev–Trinajstić information content (AvgIpc) is 2.93. The first-order chi connectivity index (χ1) is 10.1. The van der Waals surface area contributed by atoms with E-state index in [0.717, 1.165) is 11.4 Å². The summed E-state index contributed by atoms with van der Waals surface area (Å²) in [7, 11) is 1.59. The predicted octanol–water partition coefficient (Wildman–Crippen LogP) is 1.64. The Balaban J connectivity index is 2.22. The number of esters is 1. The van der Waals surface area contributed by atoms with Gasteiger partial charge >= 0.3 is 5.97 Å². The summed E-state index contributed by atoms with van der Waals surface area (Å²) >= 11 is 0. The number of benzene rings is 1. The second-order valence-electron chi connectivity index (χ2n) is 4.63. The van der Waals surface area contributed by atoms with Crippen LogP contribution in [0.25, 0.3) is 0 Å². The lowest BCUT2D eigenvalue weighted by Gasteiger charge is -2.15. The molecule has 1 aromatic rings. The van der Waals surface area contributed by atoms with Crippen LogP contribution in [0.3, 0.4) is 0 Å². The normalized spacial score (nSPS) is 17.4. The molecular formula is C15H18N2O4. The fourth-order valence-electron chi connectivity index (χ4n) is 2.16. The van der Waals surface area contributed by atoms with E-state index >= 15 is 0 Å². The molecule has 0 amide bonds. The Morgan fingerprint density at radius 2 is 2.00 bits per heavy atom. The van der Waals surface area contributed by atoms with Crippen LogP contribution in [0.4, 0.5) is 5.69 Å². The molecule has 0 radical (unpaired) electrons. The molecule has 0 saturated heterocycles. The molecule has 2 rings (SSSR count). The van der Waals surface area contributed by atoms with E-state index in [1.807, 2.05) is 12.1 Å². The summed E-state index contributed by atoms with van der Waals surface area (Å²) in [5.41, 5.74) is 1.03. The molecule has 1 aliphatic rings. The van der Waals surface area contributed by atoms with Crippen LogP contribution >= 0.6 is 0 Å². The molecule has 0 fully saturated rings. The molecule has 1 heterocycles. The van der Waals surface area contributed by atoms with Crippen molar-refractivity contribution in [3.63, 3.8) is 0 Å². The van der Waals surface area contributed by atoms with E-state index in [-0.39, 0.29) is 18.1 Å². The summed E-state index contributed by atoms with van der Waals surface area (Å²) in [6.45, 7) is 3.73. The Morgan fingerprint density at radius 1 is 1.33 bits per heavy atom. The number of methoxy groups -OCH3 is 1. The standard InChI is InChI=1S/C15H18N2O4/c1-4-21-15(19)13-9-17(16-14(13)10(2)18)11-5-7-12(20-3)8-6-11/h5-8,13H,4,9H2,1-3H3/t13-/m0/s1. The fourth-order valence-corrected chi connectivity index (χ4v) is 2.16.